The molecule has 1 unspecified atom stereocenters. The van der Waals surface area contributed by atoms with Crippen LogP contribution in [-0.4, -0.2) is 52.4 Å². The summed E-state index contributed by atoms with van der Waals surface area (Å²) in [6.45, 7) is 1.48. The van der Waals surface area contributed by atoms with Crippen LogP contribution in [0.15, 0.2) is 48.8 Å². The van der Waals surface area contributed by atoms with Gasteiger partial charge in [-0.3, -0.25) is 9.88 Å². The minimum atomic E-state index is -1.26. The first-order valence-corrected chi connectivity index (χ1v) is 9.13. The number of ether oxygens (including phenoxy) is 2. The number of carbonyl (C=O) groups is 2. The summed E-state index contributed by atoms with van der Waals surface area (Å²) >= 11 is 0. The molecule has 2 aromatic rings. The predicted octanol–water partition coefficient (Wildman–Crippen LogP) is 2.96. The SMILES string of the molecule is CN1CCCC1c1cncc(-c2ccc3c(c2)OCO3)c1.O=C(O)/C=C/C(=O)O. The summed E-state index contributed by atoms with van der Waals surface area (Å²) in [5.74, 6) is -0.880. The van der Waals surface area contributed by atoms with Gasteiger partial charge in [0, 0.05) is 36.2 Å². The second-order valence-electron chi connectivity index (χ2n) is 6.72. The van der Waals surface area contributed by atoms with E-state index in [0.717, 1.165) is 22.6 Å². The molecule has 2 aliphatic rings. The van der Waals surface area contributed by atoms with Crippen LogP contribution in [0.2, 0.25) is 0 Å². The van der Waals surface area contributed by atoms with Gasteiger partial charge in [0.25, 0.3) is 0 Å². The largest absolute Gasteiger partial charge is 0.478 e. The van der Waals surface area contributed by atoms with Gasteiger partial charge in [0.1, 0.15) is 0 Å². The molecule has 0 aliphatic carbocycles. The van der Waals surface area contributed by atoms with E-state index in [2.05, 4.69) is 29.1 Å². The van der Waals surface area contributed by atoms with Crippen LogP contribution in [-0.2, 0) is 9.59 Å². The monoisotopic (exact) mass is 398 g/mol. The van der Waals surface area contributed by atoms with Gasteiger partial charge in [-0.25, -0.2) is 9.59 Å². The van der Waals surface area contributed by atoms with Crippen molar-refractivity contribution in [2.75, 3.05) is 20.4 Å². The Morgan fingerprint density at radius 2 is 1.79 bits per heavy atom. The molecule has 0 radical (unpaired) electrons. The van der Waals surface area contributed by atoms with Crippen molar-refractivity contribution in [3.63, 3.8) is 0 Å². The Morgan fingerprint density at radius 1 is 1.07 bits per heavy atom. The van der Waals surface area contributed by atoms with Gasteiger partial charge >= 0.3 is 11.9 Å². The van der Waals surface area contributed by atoms with Crippen LogP contribution in [0.4, 0.5) is 0 Å². The summed E-state index contributed by atoms with van der Waals surface area (Å²) in [4.78, 5) is 25.9. The topological polar surface area (TPSA) is 109 Å². The normalized spacial score (nSPS) is 17.8. The second kappa shape index (κ2) is 9.20. The highest BCUT2D eigenvalue weighted by molar-refractivity contribution is 5.89. The maximum atomic E-state index is 9.55. The molecule has 8 heteroatoms. The number of aromatic nitrogens is 1. The Bertz CT molecular complexity index is 911. The number of carboxylic acid groups (broad SMARTS) is 2. The second-order valence-corrected chi connectivity index (χ2v) is 6.72. The van der Waals surface area contributed by atoms with E-state index in [1.54, 1.807) is 0 Å². The molecular weight excluding hydrogens is 376 g/mol. The number of aliphatic carboxylic acids is 2. The summed E-state index contributed by atoms with van der Waals surface area (Å²) in [6, 6.07) is 8.79. The molecule has 4 rings (SSSR count). The summed E-state index contributed by atoms with van der Waals surface area (Å²) in [5.41, 5.74) is 3.55. The first-order valence-electron chi connectivity index (χ1n) is 9.13. The third-order valence-corrected chi connectivity index (χ3v) is 4.74. The first-order chi connectivity index (χ1) is 13.9. The maximum Gasteiger partial charge on any atom is 0.328 e. The molecule has 152 valence electrons. The van der Waals surface area contributed by atoms with Crippen molar-refractivity contribution >= 4 is 11.9 Å². The minimum Gasteiger partial charge on any atom is -0.478 e. The third kappa shape index (κ3) is 5.32. The van der Waals surface area contributed by atoms with E-state index in [1.807, 2.05) is 24.5 Å². The molecule has 2 aliphatic heterocycles. The van der Waals surface area contributed by atoms with E-state index in [4.69, 9.17) is 19.7 Å². The predicted molar refractivity (Wildman–Crippen MR) is 105 cm³/mol. The fraction of sp³-hybridized carbons (Fsp3) is 0.286. The molecule has 1 saturated heterocycles. The average Bonchev–Trinajstić information content (AvgIpc) is 3.35. The smallest absolute Gasteiger partial charge is 0.328 e. The molecule has 0 bridgehead atoms. The van der Waals surface area contributed by atoms with Gasteiger partial charge in [-0.2, -0.15) is 0 Å². The lowest BCUT2D eigenvalue weighted by atomic mass is 10.0. The zero-order chi connectivity index (χ0) is 20.8. The zero-order valence-corrected chi connectivity index (χ0v) is 15.9. The summed E-state index contributed by atoms with van der Waals surface area (Å²) in [5, 5.41) is 15.6. The molecule has 1 fully saturated rings. The van der Waals surface area contributed by atoms with Crippen LogP contribution in [0, 0.1) is 0 Å². The summed E-state index contributed by atoms with van der Waals surface area (Å²) in [6.07, 6.45) is 7.49. The van der Waals surface area contributed by atoms with Crippen molar-refractivity contribution in [2.45, 2.75) is 18.9 Å². The van der Waals surface area contributed by atoms with Crippen LogP contribution in [0.5, 0.6) is 11.5 Å². The molecule has 0 amide bonds. The molecule has 8 nitrogen and oxygen atoms in total. The van der Waals surface area contributed by atoms with Gasteiger partial charge < -0.3 is 19.7 Å². The fourth-order valence-electron chi connectivity index (χ4n) is 3.35. The molecule has 2 N–H and O–H groups in total. The van der Waals surface area contributed by atoms with Gasteiger partial charge in [-0.15, -0.1) is 0 Å². The number of likely N-dealkylation sites (tertiary alicyclic amines) is 1. The third-order valence-electron chi connectivity index (χ3n) is 4.74. The highest BCUT2D eigenvalue weighted by Crippen LogP contribution is 2.37. The van der Waals surface area contributed by atoms with Crippen molar-refractivity contribution in [3.05, 3.63) is 54.4 Å². The van der Waals surface area contributed by atoms with E-state index in [0.29, 0.717) is 25.0 Å². The summed E-state index contributed by atoms with van der Waals surface area (Å²) < 4.78 is 10.8. The Labute approximate surface area is 168 Å². The fourth-order valence-corrected chi connectivity index (χ4v) is 3.35. The highest BCUT2D eigenvalue weighted by Gasteiger charge is 2.23. The standard InChI is InChI=1S/C17H18N2O2.C4H4O4/c1-19-6-2-3-15(19)14-7-13(9-18-10-14)12-4-5-16-17(8-12)21-11-20-16;5-3(6)1-2-4(7)8/h4-5,7-10,15H,2-3,6,11H2,1H3;1-2H,(H,5,6)(H,7,8)/b;2-1+. The van der Waals surface area contributed by atoms with Gasteiger partial charge in [0.05, 0.1) is 0 Å². The molecule has 1 aromatic heterocycles. The van der Waals surface area contributed by atoms with Crippen LogP contribution in [0.25, 0.3) is 11.1 Å². The van der Waals surface area contributed by atoms with Crippen molar-refractivity contribution in [1.29, 1.82) is 0 Å². The van der Waals surface area contributed by atoms with Crippen molar-refractivity contribution < 1.29 is 29.3 Å². The quantitative estimate of drug-likeness (QED) is 0.757. The Hall–Kier alpha value is -3.39. The molecule has 3 heterocycles. The van der Waals surface area contributed by atoms with Gasteiger partial charge in [-0.1, -0.05) is 6.07 Å². The lowest BCUT2D eigenvalue weighted by Crippen LogP contribution is -2.17. The number of pyridine rings is 1. The molecule has 29 heavy (non-hydrogen) atoms. The number of hydrogen-bond donors (Lipinski definition) is 2. The number of fused-ring (bicyclic) bond motifs is 1. The molecule has 1 aromatic carbocycles. The Morgan fingerprint density at radius 3 is 2.45 bits per heavy atom. The highest BCUT2D eigenvalue weighted by atomic mass is 16.7. The van der Waals surface area contributed by atoms with E-state index in [1.165, 1.54) is 24.9 Å². The minimum absolute atomic E-state index is 0.309. The number of nitrogens with zero attached hydrogens (tertiary/aromatic N) is 2. The van der Waals surface area contributed by atoms with Crippen LogP contribution < -0.4 is 9.47 Å². The first kappa shape index (κ1) is 20.3. The van der Waals surface area contributed by atoms with Crippen LogP contribution in [0.3, 0.4) is 0 Å². The molecule has 1 atom stereocenters. The Balaban J connectivity index is 0.000000258. The van der Waals surface area contributed by atoms with E-state index in [-0.39, 0.29) is 0 Å². The Kier molecular flexibility index (Phi) is 6.46. The van der Waals surface area contributed by atoms with Gasteiger partial charge in [-0.05, 0) is 55.8 Å². The molecule has 0 saturated carbocycles. The van der Waals surface area contributed by atoms with E-state index in [9.17, 15) is 9.59 Å². The number of benzene rings is 1. The lowest BCUT2D eigenvalue weighted by molar-refractivity contribution is -0.134. The molecular formula is C21H22N2O6. The van der Waals surface area contributed by atoms with Crippen molar-refractivity contribution in [3.8, 4) is 22.6 Å². The van der Waals surface area contributed by atoms with E-state index >= 15 is 0 Å². The zero-order valence-electron chi connectivity index (χ0n) is 15.9. The lowest BCUT2D eigenvalue weighted by Gasteiger charge is -2.20. The van der Waals surface area contributed by atoms with Crippen molar-refractivity contribution in [1.82, 2.24) is 9.88 Å². The van der Waals surface area contributed by atoms with Crippen molar-refractivity contribution in [2.24, 2.45) is 0 Å². The number of hydrogen-bond acceptors (Lipinski definition) is 6. The van der Waals surface area contributed by atoms with Gasteiger partial charge in [0.2, 0.25) is 6.79 Å². The number of rotatable bonds is 4. The average molecular weight is 398 g/mol. The molecule has 0 spiro atoms. The van der Waals surface area contributed by atoms with Gasteiger partial charge in [0.15, 0.2) is 11.5 Å². The van der Waals surface area contributed by atoms with Crippen LogP contribution >= 0.6 is 0 Å². The maximum absolute atomic E-state index is 9.55. The number of carboxylic acids is 2. The van der Waals surface area contributed by atoms with Crippen LogP contribution in [0.1, 0.15) is 24.4 Å². The summed E-state index contributed by atoms with van der Waals surface area (Å²) in [7, 11) is 2.19. The van der Waals surface area contributed by atoms with E-state index < -0.39 is 11.9 Å².